The molecule has 1 aliphatic rings. The summed E-state index contributed by atoms with van der Waals surface area (Å²) < 4.78 is 0. The van der Waals surface area contributed by atoms with Gasteiger partial charge in [-0.1, -0.05) is 35.3 Å². The second-order valence-corrected chi connectivity index (χ2v) is 8.00. The van der Waals surface area contributed by atoms with E-state index in [1.54, 1.807) is 17.0 Å². The van der Waals surface area contributed by atoms with Crippen molar-refractivity contribution in [1.82, 2.24) is 4.90 Å². The smallest absolute Gasteiger partial charge is 0.308 e. The van der Waals surface area contributed by atoms with Gasteiger partial charge in [0.2, 0.25) is 5.91 Å². The van der Waals surface area contributed by atoms with Crippen molar-refractivity contribution in [3.05, 3.63) is 56.2 Å². The summed E-state index contributed by atoms with van der Waals surface area (Å²) in [6.07, 6.45) is 0.979. The van der Waals surface area contributed by atoms with Gasteiger partial charge in [-0.2, -0.15) is 0 Å². The summed E-state index contributed by atoms with van der Waals surface area (Å²) in [5, 5.41) is 12.7. The maximum atomic E-state index is 12.5. The van der Waals surface area contributed by atoms with Crippen molar-refractivity contribution < 1.29 is 14.7 Å². The molecule has 0 saturated carbocycles. The highest BCUT2D eigenvalue weighted by Crippen LogP contribution is 2.34. The highest BCUT2D eigenvalue weighted by molar-refractivity contribution is 7.10. The number of likely N-dealkylation sites (tertiary alicyclic amines) is 1. The van der Waals surface area contributed by atoms with Crippen LogP contribution in [0.1, 0.15) is 22.8 Å². The molecule has 0 radical (unpaired) electrons. The van der Waals surface area contributed by atoms with Crippen molar-refractivity contribution in [2.45, 2.75) is 18.8 Å². The van der Waals surface area contributed by atoms with Crippen LogP contribution in [0.3, 0.4) is 0 Å². The first-order valence-electron chi connectivity index (χ1n) is 7.93. The second kappa shape index (κ2) is 7.77. The van der Waals surface area contributed by atoms with Crippen LogP contribution < -0.4 is 0 Å². The molecule has 1 amide bonds. The number of amides is 1. The Bertz CT molecular complexity index is 775. The fraction of sp³-hybridized carbons (Fsp3) is 0.333. The Morgan fingerprint density at radius 3 is 2.48 bits per heavy atom. The van der Waals surface area contributed by atoms with Crippen molar-refractivity contribution in [3.63, 3.8) is 0 Å². The monoisotopic (exact) mass is 397 g/mol. The van der Waals surface area contributed by atoms with E-state index in [9.17, 15) is 14.7 Å². The number of hydrogen-bond acceptors (Lipinski definition) is 3. The largest absolute Gasteiger partial charge is 0.481 e. The molecule has 1 fully saturated rings. The first kappa shape index (κ1) is 18.2. The molecular weight excluding hydrogens is 381 g/mol. The molecule has 132 valence electrons. The molecular formula is C18H17Cl2NO3S. The Hall–Kier alpha value is -1.56. The summed E-state index contributed by atoms with van der Waals surface area (Å²) in [6, 6.07) is 9.04. The van der Waals surface area contributed by atoms with Gasteiger partial charge in [0, 0.05) is 40.7 Å². The van der Waals surface area contributed by atoms with Gasteiger partial charge in [0.15, 0.2) is 0 Å². The molecule has 25 heavy (non-hydrogen) atoms. The number of carbonyl (C=O) groups excluding carboxylic acids is 1. The van der Waals surface area contributed by atoms with Crippen LogP contribution in [0.2, 0.25) is 10.0 Å². The molecule has 3 rings (SSSR count). The average molecular weight is 398 g/mol. The van der Waals surface area contributed by atoms with Gasteiger partial charge in [0.05, 0.1) is 10.9 Å². The van der Waals surface area contributed by atoms with Crippen LogP contribution in [-0.2, 0) is 16.0 Å². The molecule has 1 N–H and O–H groups in total. The number of aliphatic carboxylic acids is 1. The number of halogens is 2. The third kappa shape index (κ3) is 4.35. The molecule has 0 spiro atoms. The maximum Gasteiger partial charge on any atom is 0.308 e. The zero-order valence-electron chi connectivity index (χ0n) is 13.3. The minimum Gasteiger partial charge on any atom is -0.481 e. The lowest BCUT2D eigenvalue weighted by molar-refractivity contribution is -0.141. The highest BCUT2D eigenvalue weighted by atomic mass is 35.5. The van der Waals surface area contributed by atoms with Crippen molar-refractivity contribution in [3.8, 4) is 0 Å². The highest BCUT2D eigenvalue weighted by Gasteiger charge is 2.40. The van der Waals surface area contributed by atoms with Crippen LogP contribution in [-0.4, -0.2) is 35.0 Å². The molecule has 0 aliphatic carbocycles. The van der Waals surface area contributed by atoms with E-state index < -0.39 is 11.9 Å². The molecule has 1 aliphatic heterocycles. The summed E-state index contributed by atoms with van der Waals surface area (Å²) in [4.78, 5) is 26.9. The first-order chi connectivity index (χ1) is 11.9. The second-order valence-electron chi connectivity index (χ2n) is 6.13. The summed E-state index contributed by atoms with van der Waals surface area (Å²) in [7, 11) is 0. The third-order valence-electron chi connectivity index (χ3n) is 4.49. The molecule has 1 aromatic carbocycles. The number of hydrogen-bond donors (Lipinski definition) is 1. The van der Waals surface area contributed by atoms with E-state index in [4.69, 9.17) is 23.2 Å². The zero-order valence-corrected chi connectivity index (χ0v) is 15.7. The van der Waals surface area contributed by atoms with E-state index in [1.165, 1.54) is 11.3 Å². The van der Waals surface area contributed by atoms with E-state index >= 15 is 0 Å². The average Bonchev–Trinajstić information content (AvgIpc) is 3.20. The first-order valence-corrected chi connectivity index (χ1v) is 9.56. The number of rotatable bonds is 5. The lowest BCUT2D eigenvalue weighted by atomic mass is 9.89. The van der Waals surface area contributed by atoms with Gasteiger partial charge in [-0.05, 0) is 30.2 Å². The van der Waals surface area contributed by atoms with Gasteiger partial charge in [0.1, 0.15) is 0 Å². The minimum atomic E-state index is -0.875. The fourth-order valence-corrected chi connectivity index (χ4v) is 4.38. The standard InChI is InChI=1S/C18H17Cl2NO3S/c19-12-3-1-11(2-4-12)15-8-21(9-16(15)18(23)24)17(22)6-5-14-7-13(20)10-25-14/h1-4,7,10,15-16H,5-6,8-9H2,(H,23,24)/t15-,16+/m0/s1. The van der Waals surface area contributed by atoms with E-state index in [-0.39, 0.29) is 18.4 Å². The van der Waals surface area contributed by atoms with Gasteiger partial charge in [-0.3, -0.25) is 9.59 Å². The van der Waals surface area contributed by atoms with Crippen molar-refractivity contribution in [2.24, 2.45) is 5.92 Å². The number of carboxylic acids is 1. The molecule has 0 unspecified atom stereocenters. The maximum absolute atomic E-state index is 12.5. The van der Waals surface area contributed by atoms with Gasteiger partial charge in [-0.25, -0.2) is 0 Å². The van der Waals surface area contributed by atoms with Crippen LogP contribution in [0.5, 0.6) is 0 Å². The molecule has 2 atom stereocenters. The molecule has 1 aromatic heterocycles. The summed E-state index contributed by atoms with van der Waals surface area (Å²) >= 11 is 13.3. The minimum absolute atomic E-state index is 0.0211. The van der Waals surface area contributed by atoms with Gasteiger partial charge < -0.3 is 10.0 Å². The van der Waals surface area contributed by atoms with E-state index in [0.29, 0.717) is 29.4 Å². The van der Waals surface area contributed by atoms with Crippen LogP contribution in [0.25, 0.3) is 0 Å². The van der Waals surface area contributed by atoms with E-state index in [1.807, 2.05) is 23.6 Å². The number of carbonyl (C=O) groups is 2. The van der Waals surface area contributed by atoms with Crippen LogP contribution in [0, 0.1) is 5.92 Å². The lowest BCUT2D eigenvalue weighted by Crippen LogP contribution is -2.30. The summed E-state index contributed by atoms with van der Waals surface area (Å²) in [6.45, 7) is 0.662. The number of thiophene rings is 1. The number of nitrogens with zero attached hydrogens (tertiary/aromatic N) is 1. The van der Waals surface area contributed by atoms with Crippen molar-refractivity contribution in [1.29, 1.82) is 0 Å². The molecule has 0 bridgehead atoms. The van der Waals surface area contributed by atoms with Crippen LogP contribution >= 0.6 is 34.5 Å². The predicted octanol–water partition coefficient (Wildman–Crippen LogP) is 4.31. The Morgan fingerprint density at radius 2 is 1.88 bits per heavy atom. The Kier molecular flexibility index (Phi) is 5.67. The summed E-state index contributed by atoms with van der Waals surface area (Å²) in [5.41, 5.74) is 0.900. The van der Waals surface area contributed by atoms with Gasteiger partial charge in [0.25, 0.3) is 0 Å². The Morgan fingerprint density at radius 1 is 1.16 bits per heavy atom. The van der Waals surface area contributed by atoms with Gasteiger partial charge >= 0.3 is 5.97 Å². The van der Waals surface area contributed by atoms with E-state index in [0.717, 1.165) is 10.4 Å². The Balaban J connectivity index is 1.67. The van der Waals surface area contributed by atoms with Crippen LogP contribution in [0.15, 0.2) is 35.7 Å². The quantitative estimate of drug-likeness (QED) is 0.817. The number of aryl methyl sites for hydroxylation is 1. The molecule has 7 heteroatoms. The third-order valence-corrected chi connectivity index (χ3v) is 6.09. The molecule has 2 aromatic rings. The fourth-order valence-electron chi connectivity index (χ4n) is 3.18. The zero-order chi connectivity index (χ0) is 18.0. The molecule has 4 nitrogen and oxygen atoms in total. The van der Waals surface area contributed by atoms with Gasteiger partial charge in [-0.15, -0.1) is 11.3 Å². The van der Waals surface area contributed by atoms with Crippen molar-refractivity contribution >= 4 is 46.4 Å². The predicted molar refractivity (Wildman–Crippen MR) is 99.5 cm³/mol. The lowest BCUT2D eigenvalue weighted by Gasteiger charge is -2.16. The SMILES string of the molecule is O=C(O)[C@@H]1CN(C(=O)CCc2cc(Cl)cs2)C[C@H]1c1ccc(Cl)cc1. The molecule has 1 saturated heterocycles. The number of carboxylic acid groups (broad SMARTS) is 1. The van der Waals surface area contributed by atoms with E-state index in [2.05, 4.69) is 0 Å². The molecule has 2 heterocycles. The number of benzene rings is 1. The van der Waals surface area contributed by atoms with Crippen molar-refractivity contribution in [2.75, 3.05) is 13.1 Å². The normalized spacial score (nSPS) is 20.0. The Labute approximate surface area is 160 Å². The summed E-state index contributed by atoms with van der Waals surface area (Å²) in [5.74, 6) is -1.70. The van der Waals surface area contributed by atoms with Crippen LogP contribution in [0.4, 0.5) is 0 Å². The topological polar surface area (TPSA) is 57.6 Å².